The molecule has 0 aromatic carbocycles. The lowest BCUT2D eigenvalue weighted by atomic mass is 9.54. The Hall–Kier alpha value is -0.630. The highest BCUT2D eigenvalue weighted by Crippen LogP contribution is 2.53. The highest BCUT2D eigenvalue weighted by atomic mass is 19.1. The lowest BCUT2D eigenvalue weighted by molar-refractivity contribution is -0.0319. The second-order valence-corrected chi connectivity index (χ2v) is 14.3. The molecule has 1 saturated heterocycles. The van der Waals surface area contributed by atoms with Crippen LogP contribution in [-0.2, 0) is 0 Å². The Morgan fingerprint density at radius 2 is 1.53 bits per heavy atom. The average Bonchev–Trinajstić information content (AvgIpc) is 2.95. The highest BCUT2D eigenvalue weighted by Gasteiger charge is 2.50. The third-order valence-electron chi connectivity index (χ3n) is 12.6. The standard InChI is InChI=1S/C36H62FN/c1-7-11-15-33-35(36-26(8-2)13-12-14-27(36)9-3)25(6)34(32(10-4)38-33)24(5)28-16-18-29(19-17-28)30-20-22-31(37)23-21-30/h8,10,24-36,38H,2,4,7,9,11-23H2,1,3,5-6H3. The van der Waals surface area contributed by atoms with Gasteiger partial charge in [0.15, 0.2) is 0 Å². The van der Waals surface area contributed by atoms with Crippen LogP contribution in [0.2, 0.25) is 0 Å². The van der Waals surface area contributed by atoms with Crippen molar-refractivity contribution in [3.63, 3.8) is 0 Å². The monoisotopic (exact) mass is 527 g/mol. The van der Waals surface area contributed by atoms with E-state index in [-0.39, 0.29) is 0 Å². The van der Waals surface area contributed by atoms with Crippen LogP contribution >= 0.6 is 0 Å². The van der Waals surface area contributed by atoms with E-state index in [1.165, 1.54) is 70.6 Å². The van der Waals surface area contributed by atoms with Crippen LogP contribution in [0.15, 0.2) is 25.3 Å². The Kier molecular flexibility index (Phi) is 11.4. The maximum atomic E-state index is 13.7. The molecule has 0 radical (unpaired) electrons. The molecule has 4 rings (SSSR count). The fraction of sp³-hybridized carbons (Fsp3) is 0.889. The second-order valence-electron chi connectivity index (χ2n) is 14.3. The quantitative estimate of drug-likeness (QED) is 0.279. The van der Waals surface area contributed by atoms with Crippen molar-refractivity contribution in [1.82, 2.24) is 5.32 Å². The lowest BCUT2D eigenvalue weighted by Gasteiger charge is -2.56. The minimum atomic E-state index is -0.523. The van der Waals surface area contributed by atoms with Gasteiger partial charge in [-0.2, -0.15) is 0 Å². The van der Waals surface area contributed by atoms with E-state index in [0.717, 1.165) is 67.1 Å². The van der Waals surface area contributed by atoms with Crippen LogP contribution in [0.4, 0.5) is 4.39 Å². The van der Waals surface area contributed by atoms with E-state index < -0.39 is 6.17 Å². The summed E-state index contributed by atoms with van der Waals surface area (Å²) in [5.74, 6) is 7.64. The first-order chi connectivity index (χ1) is 18.4. The lowest BCUT2D eigenvalue weighted by Crippen LogP contribution is -2.61. The maximum absolute atomic E-state index is 13.7. The minimum Gasteiger partial charge on any atom is -0.307 e. The fourth-order valence-electron chi connectivity index (χ4n) is 10.5. The molecule has 218 valence electrons. The third kappa shape index (κ3) is 6.63. The first kappa shape index (κ1) is 30.3. The molecule has 3 saturated carbocycles. The van der Waals surface area contributed by atoms with Gasteiger partial charge in [0.25, 0.3) is 0 Å². The Bertz CT molecular complexity index is 717. The average molecular weight is 528 g/mol. The molecule has 1 nitrogen and oxygen atoms in total. The van der Waals surface area contributed by atoms with Crippen LogP contribution in [0.1, 0.15) is 124 Å². The summed E-state index contributed by atoms with van der Waals surface area (Å²) in [4.78, 5) is 0. The van der Waals surface area contributed by atoms with Gasteiger partial charge in [0.05, 0.1) is 0 Å². The van der Waals surface area contributed by atoms with Crippen LogP contribution in [0.25, 0.3) is 0 Å². The first-order valence-corrected chi connectivity index (χ1v) is 17.1. The van der Waals surface area contributed by atoms with Crippen LogP contribution in [0.5, 0.6) is 0 Å². The van der Waals surface area contributed by atoms with E-state index in [1.54, 1.807) is 0 Å². The number of halogens is 1. The molecule has 0 bridgehead atoms. The summed E-state index contributed by atoms with van der Waals surface area (Å²) in [5.41, 5.74) is 0. The van der Waals surface area contributed by atoms with Crippen molar-refractivity contribution in [2.24, 2.45) is 59.2 Å². The molecule has 1 aliphatic heterocycles. The van der Waals surface area contributed by atoms with E-state index in [4.69, 9.17) is 0 Å². The Balaban J connectivity index is 1.51. The summed E-state index contributed by atoms with van der Waals surface area (Å²) < 4.78 is 13.7. The predicted molar refractivity (Wildman–Crippen MR) is 163 cm³/mol. The SMILES string of the molecule is C=CC1CCCC(CC)C1C1C(CCCC)NC(C=C)C(C(C)C2CCC(C3CCC(F)CC3)CC2)C1C. The van der Waals surface area contributed by atoms with Crippen molar-refractivity contribution in [2.75, 3.05) is 0 Å². The zero-order valence-electron chi connectivity index (χ0n) is 25.6. The molecule has 4 aliphatic rings. The fourth-order valence-corrected chi connectivity index (χ4v) is 10.5. The van der Waals surface area contributed by atoms with Crippen molar-refractivity contribution in [3.05, 3.63) is 25.3 Å². The van der Waals surface area contributed by atoms with Gasteiger partial charge in [-0.25, -0.2) is 4.39 Å². The minimum absolute atomic E-state index is 0.432. The Labute approximate surface area is 236 Å². The van der Waals surface area contributed by atoms with Gasteiger partial charge in [-0.15, -0.1) is 13.2 Å². The molecule has 9 unspecified atom stereocenters. The number of nitrogens with one attached hydrogen (secondary N) is 1. The van der Waals surface area contributed by atoms with E-state index in [1.807, 2.05) is 0 Å². The zero-order chi connectivity index (χ0) is 27.2. The van der Waals surface area contributed by atoms with Gasteiger partial charge < -0.3 is 5.32 Å². The third-order valence-corrected chi connectivity index (χ3v) is 12.6. The largest absolute Gasteiger partial charge is 0.307 e. The van der Waals surface area contributed by atoms with Gasteiger partial charge in [0.2, 0.25) is 0 Å². The molecule has 2 heteroatoms. The van der Waals surface area contributed by atoms with Gasteiger partial charge >= 0.3 is 0 Å². The molecule has 0 spiro atoms. The summed E-state index contributed by atoms with van der Waals surface area (Å²) in [6.45, 7) is 18.8. The molecule has 1 N–H and O–H groups in total. The molecule has 9 atom stereocenters. The van der Waals surface area contributed by atoms with Gasteiger partial charge in [0, 0.05) is 12.1 Å². The Morgan fingerprint density at radius 3 is 2.11 bits per heavy atom. The number of unbranched alkanes of at least 4 members (excludes halogenated alkanes) is 1. The summed E-state index contributed by atoms with van der Waals surface area (Å²) in [6, 6.07) is 1.04. The molecule has 0 amide bonds. The summed E-state index contributed by atoms with van der Waals surface area (Å²) >= 11 is 0. The maximum Gasteiger partial charge on any atom is 0.100 e. The van der Waals surface area contributed by atoms with Crippen molar-refractivity contribution >= 4 is 0 Å². The van der Waals surface area contributed by atoms with E-state index in [0.29, 0.717) is 29.8 Å². The number of allylic oxidation sites excluding steroid dienone is 1. The second kappa shape index (κ2) is 14.3. The van der Waals surface area contributed by atoms with Crippen molar-refractivity contribution in [1.29, 1.82) is 0 Å². The molecular weight excluding hydrogens is 465 g/mol. The zero-order valence-corrected chi connectivity index (χ0v) is 25.6. The topological polar surface area (TPSA) is 12.0 Å². The Morgan fingerprint density at radius 1 is 0.868 bits per heavy atom. The van der Waals surface area contributed by atoms with Crippen molar-refractivity contribution < 1.29 is 4.39 Å². The van der Waals surface area contributed by atoms with Gasteiger partial charge in [0.1, 0.15) is 6.17 Å². The van der Waals surface area contributed by atoms with Crippen molar-refractivity contribution in [3.8, 4) is 0 Å². The highest BCUT2D eigenvalue weighted by molar-refractivity contribution is 5.08. The normalized spacial score (nSPS) is 45.3. The van der Waals surface area contributed by atoms with Crippen LogP contribution in [0, 0.1) is 59.2 Å². The number of rotatable bonds is 10. The van der Waals surface area contributed by atoms with Crippen molar-refractivity contribution in [2.45, 2.75) is 142 Å². The number of piperidine rings is 1. The smallest absolute Gasteiger partial charge is 0.100 e. The summed E-state index contributed by atoms with van der Waals surface area (Å²) in [5, 5.41) is 4.25. The summed E-state index contributed by atoms with van der Waals surface area (Å²) in [6.07, 6.45) is 22.9. The molecule has 0 aromatic heterocycles. The van der Waals surface area contributed by atoms with E-state index in [2.05, 4.69) is 58.3 Å². The van der Waals surface area contributed by atoms with Crippen LogP contribution in [0.3, 0.4) is 0 Å². The van der Waals surface area contributed by atoms with E-state index >= 15 is 0 Å². The van der Waals surface area contributed by atoms with Crippen LogP contribution in [-0.4, -0.2) is 18.3 Å². The summed E-state index contributed by atoms with van der Waals surface area (Å²) in [7, 11) is 0. The molecule has 1 heterocycles. The molecular formula is C36H62FN. The number of hydrogen-bond acceptors (Lipinski definition) is 1. The van der Waals surface area contributed by atoms with Gasteiger partial charge in [-0.3, -0.25) is 0 Å². The molecule has 3 aliphatic carbocycles. The van der Waals surface area contributed by atoms with E-state index in [9.17, 15) is 4.39 Å². The predicted octanol–water partition coefficient (Wildman–Crippen LogP) is 10.2. The number of hydrogen-bond donors (Lipinski definition) is 1. The first-order valence-electron chi connectivity index (χ1n) is 17.1. The molecule has 0 aromatic rings. The van der Waals surface area contributed by atoms with Gasteiger partial charge in [-0.05, 0) is 123 Å². The molecule has 4 fully saturated rings. The molecule has 38 heavy (non-hydrogen) atoms. The van der Waals surface area contributed by atoms with Crippen LogP contribution < -0.4 is 5.32 Å². The number of alkyl halides is 1. The van der Waals surface area contributed by atoms with Gasteiger partial charge in [-0.1, -0.05) is 72.0 Å².